The van der Waals surface area contributed by atoms with E-state index in [4.69, 9.17) is 10.5 Å². The number of methoxy groups -OCH3 is 1. The minimum Gasteiger partial charge on any atom is -0.496 e. The molecule has 0 aliphatic heterocycles. The molecule has 0 fully saturated rings. The molecule has 0 saturated carbocycles. The molecule has 2 aromatic rings. The highest BCUT2D eigenvalue weighted by molar-refractivity contribution is 5.85. The fourth-order valence-electron chi connectivity index (χ4n) is 1.36. The van der Waals surface area contributed by atoms with Crippen LogP contribution in [0.4, 0.5) is 0 Å². The number of benzene rings is 1. The number of rotatable bonds is 2. The van der Waals surface area contributed by atoms with Gasteiger partial charge in [-0.15, -0.1) is 0 Å². The quantitative estimate of drug-likeness (QED) is 0.720. The third-order valence-corrected chi connectivity index (χ3v) is 2.04. The summed E-state index contributed by atoms with van der Waals surface area (Å²) in [6.07, 6.45) is 1.74. The summed E-state index contributed by atoms with van der Waals surface area (Å²) in [5, 5.41) is 7.81. The largest absolute Gasteiger partial charge is 0.496 e. The lowest BCUT2D eigenvalue weighted by atomic mass is 10.1. The van der Waals surface area contributed by atoms with Crippen molar-refractivity contribution in [2.45, 2.75) is 6.54 Å². The number of nitrogens with one attached hydrogen (secondary N) is 1. The standard InChI is InChI=1S/C9H11N3O/c1-13-9-3-6(4-10)2-8-7(9)5-11-12-8/h2-3,5H,4,10H2,1H3,(H,11,12). The van der Waals surface area contributed by atoms with Gasteiger partial charge in [-0.3, -0.25) is 5.10 Å². The Balaban J connectivity index is 2.70. The fourth-order valence-corrected chi connectivity index (χ4v) is 1.36. The second kappa shape index (κ2) is 3.06. The number of hydrogen-bond acceptors (Lipinski definition) is 3. The third-order valence-electron chi connectivity index (χ3n) is 2.04. The van der Waals surface area contributed by atoms with Crippen LogP contribution in [-0.2, 0) is 6.54 Å². The summed E-state index contributed by atoms with van der Waals surface area (Å²) in [6.45, 7) is 0.505. The molecule has 0 amide bonds. The number of aromatic amines is 1. The molecule has 0 aliphatic carbocycles. The van der Waals surface area contributed by atoms with Gasteiger partial charge >= 0.3 is 0 Å². The van der Waals surface area contributed by atoms with Crippen molar-refractivity contribution >= 4 is 10.9 Å². The van der Waals surface area contributed by atoms with Crippen LogP contribution in [0.2, 0.25) is 0 Å². The predicted octanol–water partition coefficient (Wildman–Crippen LogP) is 1.03. The van der Waals surface area contributed by atoms with E-state index in [1.807, 2.05) is 12.1 Å². The number of ether oxygens (including phenoxy) is 1. The lowest BCUT2D eigenvalue weighted by molar-refractivity contribution is 0.419. The zero-order valence-corrected chi connectivity index (χ0v) is 7.37. The van der Waals surface area contributed by atoms with Crippen molar-refractivity contribution in [1.82, 2.24) is 10.2 Å². The van der Waals surface area contributed by atoms with E-state index >= 15 is 0 Å². The van der Waals surface area contributed by atoms with E-state index in [9.17, 15) is 0 Å². The number of nitrogens with zero attached hydrogens (tertiary/aromatic N) is 1. The molecule has 1 aromatic carbocycles. The van der Waals surface area contributed by atoms with Gasteiger partial charge in [-0.2, -0.15) is 5.10 Å². The number of nitrogens with two attached hydrogens (primary N) is 1. The first-order chi connectivity index (χ1) is 6.35. The van der Waals surface area contributed by atoms with Crippen LogP contribution in [0.25, 0.3) is 10.9 Å². The Hall–Kier alpha value is -1.55. The highest BCUT2D eigenvalue weighted by atomic mass is 16.5. The third kappa shape index (κ3) is 1.25. The molecule has 4 nitrogen and oxygen atoms in total. The minimum atomic E-state index is 0.505. The van der Waals surface area contributed by atoms with Crippen molar-refractivity contribution in [1.29, 1.82) is 0 Å². The molecule has 0 aliphatic rings. The van der Waals surface area contributed by atoms with Gasteiger partial charge in [0.05, 0.1) is 24.2 Å². The van der Waals surface area contributed by atoms with E-state index in [1.165, 1.54) is 0 Å². The highest BCUT2D eigenvalue weighted by Gasteiger charge is 2.04. The van der Waals surface area contributed by atoms with Crippen molar-refractivity contribution in [2.24, 2.45) is 5.73 Å². The normalized spacial score (nSPS) is 10.6. The zero-order chi connectivity index (χ0) is 9.26. The summed E-state index contributed by atoms with van der Waals surface area (Å²) >= 11 is 0. The van der Waals surface area contributed by atoms with Gasteiger partial charge in [0, 0.05) is 6.54 Å². The lowest BCUT2D eigenvalue weighted by Gasteiger charge is -2.03. The molecule has 1 heterocycles. The summed E-state index contributed by atoms with van der Waals surface area (Å²) < 4.78 is 5.21. The molecular formula is C9H11N3O. The molecule has 68 valence electrons. The maximum atomic E-state index is 5.54. The number of fused-ring (bicyclic) bond motifs is 1. The second-order valence-corrected chi connectivity index (χ2v) is 2.83. The second-order valence-electron chi connectivity index (χ2n) is 2.83. The van der Waals surface area contributed by atoms with Crippen LogP contribution in [0.3, 0.4) is 0 Å². The molecule has 2 rings (SSSR count). The molecule has 0 bridgehead atoms. The van der Waals surface area contributed by atoms with E-state index in [-0.39, 0.29) is 0 Å². The van der Waals surface area contributed by atoms with Crippen LogP contribution >= 0.6 is 0 Å². The molecule has 0 unspecified atom stereocenters. The van der Waals surface area contributed by atoms with Crippen LogP contribution in [-0.4, -0.2) is 17.3 Å². The van der Waals surface area contributed by atoms with Crippen molar-refractivity contribution < 1.29 is 4.74 Å². The Morgan fingerprint density at radius 1 is 1.54 bits per heavy atom. The average Bonchev–Trinajstić information content (AvgIpc) is 2.63. The van der Waals surface area contributed by atoms with Gasteiger partial charge < -0.3 is 10.5 Å². The van der Waals surface area contributed by atoms with Gasteiger partial charge in [0.1, 0.15) is 5.75 Å². The maximum Gasteiger partial charge on any atom is 0.130 e. The average molecular weight is 177 g/mol. The lowest BCUT2D eigenvalue weighted by Crippen LogP contribution is -1.96. The SMILES string of the molecule is COc1cc(CN)cc2[nH]ncc12. The van der Waals surface area contributed by atoms with E-state index in [0.717, 1.165) is 22.2 Å². The minimum absolute atomic E-state index is 0.505. The highest BCUT2D eigenvalue weighted by Crippen LogP contribution is 2.25. The Kier molecular flexibility index (Phi) is 1.90. The zero-order valence-electron chi connectivity index (χ0n) is 7.37. The van der Waals surface area contributed by atoms with E-state index in [0.29, 0.717) is 6.54 Å². The van der Waals surface area contributed by atoms with Crippen molar-refractivity contribution in [2.75, 3.05) is 7.11 Å². The van der Waals surface area contributed by atoms with Crippen LogP contribution in [0.15, 0.2) is 18.3 Å². The smallest absolute Gasteiger partial charge is 0.130 e. The Labute approximate surface area is 75.7 Å². The molecule has 1 aromatic heterocycles. The van der Waals surface area contributed by atoms with Crippen LogP contribution in [0, 0.1) is 0 Å². The fraction of sp³-hybridized carbons (Fsp3) is 0.222. The van der Waals surface area contributed by atoms with Gasteiger partial charge in [-0.05, 0) is 17.7 Å². The van der Waals surface area contributed by atoms with Crippen LogP contribution in [0.1, 0.15) is 5.56 Å². The van der Waals surface area contributed by atoms with Gasteiger partial charge in [0.2, 0.25) is 0 Å². The summed E-state index contributed by atoms with van der Waals surface area (Å²) in [4.78, 5) is 0. The number of aromatic nitrogens is 2. The van der Waals surface area contributed by atoms with Crippen molar-refractivity contribution in [3.63, 3.8) is 0 Å². The first-order valence-electron chi connectivity index (χ1n) is 4.05. The number of H-pyrrole nitrogens is 1. The van der Waals surface area contributed by atoms with Crippen molar-refractivity contribution in [3.8, 4) is 5.75 Å². The summed E-state index contributed by atoms with van der Waals surface area (Å²) in [5.41, 5.74) is 7.54. The van der Waals surface area contributed by atoms with Gasteiger partial charge in [0.25, 0.3) is 0 Å². The predicted molar refractivity (Wildman–Crippen MR) is 50.5 cm³/mol. The molecule has 0 saturated heterocycles. The maximum absolute atomic E-state index is 5.54. The molecule has 0 atom stereocenters. The van der Waals surface area contributed by atoms with Crippen LogP contribution < -0.4 is 10.5 Å². The summed E-state index contributed by atoms with van der Waals surface area (Å²) in [7, 11) is 1.64. The number of hydrogen-bond donors (Lipinski definition) is 2. The van der Waals surface area contributed by atoms with Gasteiger partial charge in [-0.25, -0.2) is 0 Å². The molecule has 0 radical (unpaired) electrons. The first-order valence-corrected chi connectivity index (χ1v) is 4.05. The molecule has 0 spiro atoms. The van der Waals surface area contributed by atoms with E-state index < -0.39 is 0 Å². The van der Waals surface area contributed by atoms with E-state index in [1.54, 1.807) is 13.3 Å². The molecular weight excluding hydrogens is 166 g/mol. The molecule has 13 heavy (non-hydrogen) atoms. The molecule has 3 N–H and O–H groups in total. The van der Waals surface area contributed by atoms with Crippen molar-refractivity contribution in [3.05, 3.63) is 23.9 Å². The summed E-state index contributed by atoms with van der Waals surface area (Å²) in [6, 6.07) is 3.91. The first kappa shape index (κ1) is 8.07. The Morgan fingerprint density at radius 3 is 3.08 bits per heavy atom. The van der Waals surface area contributed by atoms with Gasteiger partial charge in [-0.1, -0.05) is 0 Å². The van der Waals surface area contributed by atoms with E-state index in [2.05, 4.69) is 10.2 Å². The Bertz CT molecular complexity index is 422. The van der Waals surface area contributed by atoms with Gasteiger partial charge in [0.15, 0.2) is 0 Å². The Morgan fingerprint density at radius 2 is 2.38 bits per heavy atom. The monoisotopic (exact) mass is 177 g/mol. The molecule has 4 heteroatoms. The van der Waals surface area contributed by atoms with Crippen LogP contribution in [0.5, 0.6) is 5.75 Å². The topological polar surface area (TPSA) is 63.9 Å². The summed E-state index contributed by atoms with van der Waals surface area (Å²) in [5.74, 6) is 0.812.